The summed E-state index contributed by atoms with van der Waals surface area (Å²) < 4.78 is 5.29. The molecule has 1 atom stereocenters. The first-order chi connectivity index (χ1) is 9.09. The number of aromatic nitrogens is 1. The predicted molar refractivity (Wildman–Crippen MR) is 72.9 cm³/mol. The summed E-state index contributed by atoms with van der Waals surface area (Å²) in [6.07, 6.45) is 3.55. The van der Waals surface area contributed by atoms with Crippen LogP contribution in [0.15, 0.2) is 24.5 Å². The molecule has 1 aromatic heterocycles. The molecular formula is C14H21N3O2. The van der Waals surface area contributed by atoms with E-state index >= 15 is 0 Å². The minimum absolute atomic E-state index is 0.00170. The van der Waals surface area contributed by atoms with E-state index in [-0.39, 0.29) is 17.4 Å². The van der Waals surface area contributed by atoms with E-state index in [1.807, 2.05) is 12.1 Å². The molecule has 1 aliphatic heterocycles. The SMILES string of the molecule is CC(C)(CNC(=O)C1COCCN1)c1ccncc1. The van der Waals surface area contributed by atoms with Gasteiger partial charge in [0.25, 0.3) is 0 Å². The molecular weight excluding hydrogens is 242 g/mol. The third-order valence-corrected chi connectivity index (χ3v) is 3.40. The van der Waals surface area contributed by atoms with Crippen LogP contribution in [0.2, 0.25) is 0 Å². The van der Waals surface area contributed by atoms with Crippen molar-refractivity contribution in [2.24, 2.45) is 0 Å². The number of pyridine rings is 1. The molecule has 0 spiro atoms. The Labute approximate surface area is 113 Å². The van der Waals surface area contributed by atoms with E-state index in [2.05, 4.69) is 29.5 Å². The Morgan fingerprint density at radius 2 is 2.26 bits per heavy atom. The monoisotopic (exact) mass is 263 g/mol. The summed E-state index contributed by atoms with van der Waals surface area (Å²) in [6, 6.07) is 3.73. The minimum Gasteiger partial charge on any atom is -0.378 e. The number of rotatable bonds is 4. The van der Waals surface area contributed by atoms with Crippen molar-refractivity contribution in [3.63, 3.8) is 0 Å². The van der Waals surface area contributed by atoms with Crippen molar-refractivity contribution < 1.29 is 9.53 Å². The molecule has 0 aliphatic carbocycles. The smallest absolute Gasteiger partial charge is 0.239 e. The van der Waals surface area contributed by atoms with Crippen LogP contribution in [0.4, 0.5) is 0 Å². The number of carbonyl (C=O) groups excluding carboxylic acids is 1. The van der Waals surface area contributed by atoms with Gasteiger partial charge in [-0.2, -0.15) is 0 Å². The maximum absolute atomic E-state index is 12.0. The van der Waals surface area contributed by atoms with Crippen molar-refractivity contribution >= 4 is 5.91 Å². The number of hydrogen-bond acceptors (Lipinski definition) is 4. The van der Waals surface area contributed by atoms with Crippen molar-refractivity contribution in [3.05, 3.63) is 30.1 Å². The molecule has 1 aromatic rings. The molecule has 2 rings (SSSR count). The van der Waals surface area contributed by atoms with Gasteiger partial charge in [0.15, 0.2) is 0 Å². The van der Waals surface area contributed by atoms with E-state index in [1.165, 1.54) is 0 Å². The lowest BCUT2D eigenvalue weighted by atomic mass is 9.85. The lowest BCUT2D eigenvalue weighted by Crippen LogP contribution is -2.52. The quantitative estimate of drug-likeness (QED) is 0.828. The molecule has 0 radical (unpaired) electrons. The zero-order valence-corrected chi connectivity index (χ0v) is 11.5. The lowest BCUT2D eigenvalue weighted by molar-refractivity contribution is -0.126. The van der Waals surface area contributed by atoms with Gasteiger partial charge in [-0.05, 0) is 17.7 Å². The number of nitrogens with one attached hydrogen (secondary N) is 2. The largest absolute Gasteiger partial charge is 0.378 e. The van der Waals surface area contributed by atoms with E-state index < -0.39 is 0 Å². The van der Waals surface area contributed by atoms with Crippen LogP contribution in [-0.4, -0.2) is 43.2 Å². The summed E-state index contributed by atoms with van der Waals surface area (Å²) in [7, 11) is 0. The van der Waals surface area contributed by atoms with Gasteiger partial charge in [0.05, 0.1) is 13.2 Å². The van der Waals surface area contributed by atoms with Crippen molar-refractivity contribution in [1.29, 1.82) is 0 Å². The minimum atomic E-state index is -0.234. The highest BCUT2D eigenvalue weighted by Crippen LogP contribution is 2.21. The normalized spacial score (nSPS) is 20.0. The second kappa shape index (κ2) is 6.12. The van der Waals surface area contributed by atoms with Gasteiger partial charge in [0.2, 0.25) is 5.91 Å². The number of morpholine rings is 1. The molecule has 1 saturated heterocycles. The zero-order chi connectivity index (χ0) is 13.7. The van der Waals surface area contributed by atoms with Crippen LogP contribution in [0.25, 0.3) is 0 Å². The average molecular weight is 263 g/mol. The first kappa shape index (κ1) is 14.0. The van der Waals surface area contributed by atoms with Crippen LogP contribution >= 0.6 is 0 Å². The van der Waals surface area contributed by atoms with Crippen LogP contribution in [0.1, 0.15) is 19.4 Å². The maximum atomic E-state index is 12.0. The Kier molecular flexibility index (Phi) is 4.50. The molecule has 19 heavy (non-hydrogen) atoms. The van der Waals surface area contributed by atoms with Crippen LogP contribution in [0, 0.1) is 0 Å². The molecule has 1 aliphatic rings. The Hall–Kier alpha value is -1.46. The van der Waals surface area contributed by atoms with Gasteiger partial charge < -0.3 is 15.4 Å². The molecule has 0 aromatic carbocycles. The van der Waals surface area contributed by atoms with Gasteiger partial charge >= 0.3 is 0 Å². The highest BCUT2D eigenvalue weighted by molar-refractivity contribution is 5.82. The average Bonchev–Trinajstić information content (AvgIpc) is 2.47. The topological polar surface area (TPSA) is 63.2 Å². The van der Waals surface area contributed by atoms with Gasteiger partial charge in [-0.1, -0.05) is 13.8 Å². The van der Waals surface area contributed by atoms with E-state index in [9.17, 15) is 4.79 Å². The summed E-state index contributed by atoms with van der Waals surface area (Å²) in [4.78, 5) is 16.0. The van der Waals surface area contributed by atoms with Crippen molar-refractivity contribution in [1.82, 2.24) is 15.6 Å². The first-order valence-corrected chi connectivity index (χ1v) is 6.59. The van der Waals surface area contributed by atoms with Crippen LogP contribution < -0.4 is 10.6 Å². The fourth-order valence-electron chi connectivity index (χ4n) is 2.07. The summed E-state index contributed by atoms with van der Waals surface area (Å²) in [6.45, 7) is 6.65. The Morgan fingerprint density at radius 3 is 2.89 bits per heavy atom. The highest BCUT2D eigenvalue weighted by atomic mass is 16.5. The number of ether oxygens (including phenoxy) is 1. The summed E-state index contributed by atoms with van der Waals surface area (Å²) in [5.41, 5.74) is 1.05. The van der Waals surface area contributed by atoms with Crippen LogP contribution in [-0.2, 0) is 14.9 Å². The van der Waals surface area contributed by atoms with E-state index in [0.717, 1.165) is 12.1 Å². The molecule has 5 heteroatoms. The molecule has 1 amide bonds. The zero-order valence-electron chi connectivity index (χ0n) is 11.5. The first-order valence-electron chi connectivity index (χ1n) is 6.59. The Morgan fingerprint density at radius 1 is 1.53 bits per heavy atom. The molecule has 104 valence electrons. The fraction of sp³-hybridized carbons (Fsp3) is 0.571. The molecule has 1 unspecified atom stereocenters. The van der Waals surface area contributed by atoms with Crippen molar-refractivity contribution in [3.8, 4) is 0 Å². The maximum Gasteiger partial charge on any atom is 0.239 e. The molecule has 2 heterocycles. The number of carbonyl (C=O) groups is 1. The van der Waals surface area contributed by atoms with Gasteiger partial charge in [-0.25, -0.2) is 0 Å². The molecule has 5 nitrogen and oxygen atoms in total. The van der Waals surface area contributed by atoms with Gasteiger partial charge in [0.1, 0.15) is 6.04 Å². The van der Waals surface area contributed by atoms with Gasteiger partial charge in [0, 0.05) is 30.9 Å². The molecule has 1 fully saturated rings. The lowest BCUT2D eigenvalue weighted by Gasteiger charge is -2.28. The molecule has 0 bridgehead atoms. The standard InChI is InChI=1S/C14H21N3O2/c1-14(2,11-3-5-15-6-4-11)10-17-13(18)12-9-19-8-7-16-12/h3-6,12,16H,7-10H2,1-2H3,(H,17,18). The van der Waals surface area contributed by atoms with E-state index in [4.69, 9.17) is 4.74 Å². The van der Waals surface area contributed by atoms with Crippen LogP contribution in [0.3, 0.4) is 0 Å². The summed E-state index contributed by atoms with van der Waals surface area (Å²) in [5, 5.41) is 6.14. The van der Waals surface area contributed by atoms with E-state index in [0.29, 0.717) is 19.8 Å². The summed E-state index contributed by atoms with van der Waals surface area (Å²) >= 11 is 0. The van der Waals surface area contributed by atoms with Crippen LogP contribution in [0.5, 0.6) is 0 Å². The van der Waals surface area contributed by atoms with Gasteiger partial charge in [-0.15, -0.1) is 0 Å². The number of hydrogen-bond donors (Lipinski definition) is 2. The number of nitrogens with zero attached hydrogens (tertiary/aromatic N) is 1. The second-order valence-electron chi connectivity index (χ2n) is 5.42. The highest BCUT2D eigenvalue weighted by Gasteiger charge is 2.25. The number of amides is 1. The van der Waals surface area contributed by atoms with Crippen molar-refractivity contribution in [2.45, 2.75) is 25.3 Å². The van der Waals surface area contributed by atoms with Gasteiger partial charge in [-0.3, -0.25) is 9.78 Å². The predicted octanol–water partition coefficient (Wildman–Crippen LogP) is 0.464. The fourth-order valence-corrected chi connectivity index (χ4v) is 2.07. The third-order valence-electron chi connectivity index (χ3n) is 3.40. The summed E-state index contributed by atoms with van der Waals surface area (Å²) in [5.74, 6) is 0.00170. The van der Waals surface area contributed by atoms with Crippen molar-refractivity contribution in [2.75, 3.05) is 26.3 Å². The third kappa shape index (κ3) is 3.75. The Balaban J connectivity index is 1.88. The molecule has 0 saturated carbocycles. The Bertz CT molecular complexity index is 414. The van der Waals surface area contributed by atoms with E-state index in [1.54, 1.807) is 12.4 Å². The second-order valence-corrected chi connectivity index (χ2v) is 5.42. The molecule has 2 N–H and O–H groups in total.